The van der Waals surface area contributed by atoms with Gasteiger partial charge in [-0.05, 0) is 33.1 Å². The molecule has 4 nitrogen and oxygen atoms in total. The van der Waals surface area contributed by atoms with E-state index in [9.17, 15) is 4.79 Å². The molecule has 1 aromatic heterocycles. The molecule has 0 saturated carbocycles. The molecule has 0 bridgehead atoms. The van der Waals surface area contributed by atoms with Gasteiger partial charge in [-0.2, -0.15) is 0 Å². The average molecular weight is 269 g/mol. The highest BCUT2D eigenvalue weighted by molar-refractivity contribution is 7.10. The van der Waals surface area contributed by atoms with Crippen LogP contribution in [0, 0.1) is 6.92 Å². The lowest BCUT2D eigenvalue weighted by molar-refractivity contribution is 0.0482. The summed E-state index contributed by atoms with van der Waals surface area (Å²) < 4.78 is 10.9. The normalized spacial score (nSPS) is 18.8. The fraction of sp³-hybridized carbons (Fsp3) is 0.615. The van der Waals surface area contributed by atoms with Crippen LogP contribution in [0.15, 0.2) is 5.38 Å². The second-order valence-electron chi connectivity index (χ2n) is 5.53. The predicted octanol–water partition coefficient (Wildman–Crippen LogP) is 2.88. The number of nitrogens with one attached hydrogen (secondary N) is 1. The van der Waals surface area contributed by atoms with Crippen molar-refractivity contribution in [3.05, 3.63) is 15.8 Å². The predicted molar refractivity (Wildman–Crippen MR) is 71.4 cm³/mol. The number of amides is 1. The summed E-state index contributed by atoms with van der Waals surface area (Å²) in [5, 5.41) is 4.93. The Hall–Kier alpha value is -1.23. The van der Waals surface area contributed by atoms with Crippen molar-refractivity contribution < 1.29 is 14.3 Å². The van der Waals surface area contributed by atoms with Crippen molar-refractivity contribution in [2.24, 2.45) is 0 Å². The van der Waals surface area contributed by atoms with Crippen LogP contribution in [-0.4, -0.2) is 24.3 Å². The molecule has 18 heavy (non-hydrogen) atoms. The number of ether oxygens (including phenoxy) is 2. The van der Waals surface area contributed by atoms with Crippen LogP contribution in [-0.2, 0) is 11.2 Å². The van der Waals surface area contributed by atoms with Gasteiger partial charge in [0.05, 0.1) is 6.04 Å². The number of hydrogen-bond donors (Lipinski definition) is 1. The monoisotopic (exact) mass is 269 g/mol. The van der Waals surface area contributed by atoms with E-state index >= 15 is 0 Å². The van der Waals surface area contributed by atoms with E-state index in [0.717, 1.165) is 12.2 Å². The number of hydrogen-bond acceptors (Lipinski definition) is 4. The maximum atomic E-state index is 11.7. The Labute approximate surface area is 111 Å². The van der Waals surface area contributed by atoms with Crippen molar-refractivity contribution in [3.63, 3.8) is 0 Å². The van der Waals surface area contributed by atoms with Crippen LogP contribution < -0.4 is 10.1 Å². The molecule has 1 N–H and O–H groups in total. The summed E-state index contributed by atoms with van der Waals surface area (Å²) in [6.45, 7) is 8.10. The minimum absolute atomic E-state index is 0.00889. The van der Waals surface area contributed by atoms with Gasteiger partial charge < -0.3 is 14.8 Å². The van der Waals surface area contributed by atoms with Gasteiger partial charge in [-0.15, -0.1) is 11.3 Å². The SMILES string of the molecule is Cc1csc2c1OCC(NC(=O)OC(C)(C)C)C2. The number of alkyl carbamates (subject to hydrolysis) is 1. The molecule has 100 valence electrons. The van der Waals surface area contributed by atoms with E-state index in [0.29, 0.717) is 6.61 Å². The van der Waals surface area contributed by atoms with Crippen LogP contribution in [0.2, 0.25) is 0 Å². The third-order valence-electron chi connectivity index (χ3n) is 2.57. The second kappa shape index (κ2) is 4.80. The van der Waals surface area contributed by atoms with Gasteiger partial charge in [0.25, 0.3) is 0 Å². The molecule has 0 radical (unpaired) electrons. The zero-order valence-electron chi connectivity index (χ0n) is 11.2. The third kappa shape index (κ3) is 3.16. The van der Waals surface area contributed by atoms with E-state index in [4.69, 9.17) is 9.47 Å². The van der Waals surface area contributed by atoms with Gasteiger partial charge in [-0.25, -0.2) is 4.79 Å². The van der Waals surface area contributed by atoms with E-state index in [2.05, 4.69) is 10.7 Å². The van der Waals surface area contributed by atoms with Crippen LogP contribution in [0.25, 0.3) is 0 Å². The standard InChI is InChI=1S/C13H19NO3S/c1-8-7-18-10-5-9(6-16-11(8)10)14-12(15)17-13(2,3)4/h7,9H,5-6H2,1-4H3,(H,14,15). The molecule has 0 fully saturated rings. The topological polar surface area (TPSA) is 47.6 Å². The zero-order valence-corrected chi connectivity index (χ0v) is 12.0. The smallest absolute Gasteiger partial charge is 0.408 e. The Kier molecular flexibility index (Phi) is 3.52. The number of fused-ring (bicyclic) bond motifs is 1. The highest BCUT2D eigenvalue weighted by atomic mass is 32.1. The Bertz CT molecular complexity index is 448. The molecule has 1 amide bonds. The number of carbonyl (C=O) groups is 1. The molecule has 0 aliphatic carbocycles. The summed E-state index contributed by atoms with van der Waals surface area (Å²) >= 11 is 1.68. The first-order valence-electron chi connectivity index (χ1n) is 6.04. The summed E-state index contributed by atoms with van der Waals surface area (Å²) in [6.07, 6.45) is 0.431. The molecule has 5 heteroatoms. The van der Waals surface area contributed by atoms with Crippen molar-refractivity contribution in [3.8, 4) is 5.75 Å². The van der Waals surface area contributed by atoms with E-state index in [1.54, 1.807) is 11.3 Å². The first kappa shape index (κ1) is 13.2. The lowest BCUT2D eigenvalue weighted by Gasteiger charge is -2.26. The van der Waals surface area contributed by atoms with E-state index in [1.165, 1.54) is 10.4 Å². The Morgan fingerprint density at radius 2 is 2.28 bits per heavy atom. The van der Waals surface area contributed by atoms with Crippen molar-refractivity contribution in [2.45, 2.75) is 45.8 Å². The fourth-order valence-corrected chi connectivity index (χ4v) is 2.91. The van der Waals surface area contributed by atoms with E-state index in [-0.39, 0.29) is 12.1 Å². The highest BCUT2D eigenvalue weighted by Gasteiger charge is 2.26. The van der Waals surface area contributed by atoms with Crippen LogP contribution in [0.3, 0.4) is 0 Å². The summed E-state index contributed by atoms with van der Waals surface area (Å²) in [5.41, 5.74) is 0.704. The molecule has 0 saturated heterocycles. The summed E-state index contributed by atoms with van der Waals surface area (Å²) in [4.78, 5) is 12.9. The van der Waals surface area contributed by atoms with Crippen LogP contribution in [0.1, 0.15) is 31.2 Å². The molecule has 1 aliphatic rings. The molecule has 0 aromatic carbocycles. The van der Waals surface area contributed by atoms with Gasteiger partial charge in [0.15, 0.2) is 0 Å². The Balaban J connectivity index is 1.92. The number of thiophene rings is 1. The van der Waals surface area contributed by atoms with Crippen LogP contribution in [0.4, 0.5) is 4.79 Å². The summed E-state index contributed by atoms with van der Waals surface area (Å²) in [7, 11) is 0. The summed E-state index contributed by atoms with van der Waals surface area (Å²) in [6, 6.07) is -0.00889. The molecule has 1 aromatic rings. The minimum Gasteiger partial charge on any atom is -0.490 e. The molecule has 2 rings (SSSR count). The minimum atomic E-state index is -0.468. The van der Waals surface area contributed by atoms with Gasteiger partial charge >= 0.3 is 6.09 Å². The molecule has 2 heterocycles. The van der Waals surface area contributed by atoms with Crippen LogP contribution >= 0.6 is 11.3 Å². The highest BCUT2D eigenvalue weighted by Crippen LogP contribution is 2.34. The first-order valence-corrected chi connectivity index (χ1v) is 6.92. The fourth-order valence-electron chi connectivity index (χ4n) is 1.86. The second-order valence-corrected chi connectivity index (χ2v) is 6.49. The van der Waals surface area contributed by atoms with Crippen molar-refractivity contribution in [1.29, 1.82) is 0 Å². The third-order valence-corrected chi connectivity index (χ3v) is 3.68. The number of rotatable bonds is 1. The summed E-state index contributed by atoms with van der Waals surface area (Å²) in [5.74, 6) is 0.988. The maximum absolute atomic E-state index is 11.7. The van der Waals surface area contributed by atoms with Gasteiger partial charge in [-0.3, -0.25) is 0 Å². The molecule has 1 atom stereocenters. The molecular formula is C13H19NO3S. The molecule has 0 spiro atoms. The molecule has 1 unspecified atom stereocenters. The lowest BCUT2D eigenvalue weighted by Crippen LogP contribution is -2.44. The van der Waals surface area contributed by atoms with E-state index in [1.807, 2.05) is 27.7 Å². The Morgan fingerprint density at radius 1 is 1.56 bits per heavy atom. The number of aryl methyl sites for hydroxylation is 1. The lowest BCUT2D eigenvalue weighted by atomic mass is 10.1. The van der Waals surface area contributed by atoms with Crippen molar-refractivity contribution in [1.82, 2.24) is 5.32 Å². The van der Waals surface area contributed by atoms with Gasteiger partial charge in [0, 0.05) is 16.9 Å². The van der Waals surface area contributed by atoms with Gasteiger partial charge in [0.1, 0.15) is 18.0 Å². The van der Waals surface area contributed by atoms with Crippen molar-refractivity contribution in [2.75, 3.05) is 6.61 Å². The first-order chi connectivity index (χ1) is 8.35. The van der Waals surface area contributed by atoms with Crippen LogP contribution in [0.5, 0.6) is 5.75 Å². The largest absolute Gasteiger partial charge is 0.490 e. The molecule has 1 aliphatic heterocycles. The molecular weight excluding hydrogens is 250 g/mol. The van der Waals surface area contributed by atoms with E-state index < -0.39 is 5.60 Å². The van der Waals surface area contributed by atoms with Crippen molar-refractivity contribution >= 4 is 17.4 Å². The Morgan fingerprint density at radius 3 is 2.94 bits per heavy atom. The van der Waals surface area contributed by atoms with Gasteiger partial charge in [0.2, 0.25) is 0 Å². The average Bonchev–Trinajstić information content (AvgIpc) is 2.57. The zero-order chi connectivity index (χ0) is 13.3. The number of carbonyl (C=O) groups excluding carboxylic acids is 1. The van der Waals surface area contributed by atoms with Gasteiger partial charge in [-0.1, -0.05) is 0 Å². The quantitative estimate of drug-likeness (QED) is 0.852. The maximum Gasteiger partial charge on any atom is 0.408 e.